The fraction of sp³-hybridized carbons (Fsp3) is 0.143. The molecule has 0 fully saturated rings. The SMILES string of the molecule is NNC(Cc1cc(F)cc(F)c1)c1ccccc1. The Hall–Kier alpha value is -1.78. The van der Waals surface area contributed by atoms with Gasteiger partial charge in [-0.2, -0.15) is 0 Å². The molecule has 0 bridgehead atoms. The van der Waals surface area contributed by atoms with Crippen LogP contribution in [0.4, 0.5) is 8.78 Å². The molecule has 1 unspecified atom stereocenters. The third-order valence-corrected chi connectivity index (χ3v) is 2.77. The van der Waals surface area contributed by atoms with Crippen LogP contribution in [0.2, 0.25) is 0 Å². The van der Waals surface area contributed by atoms with Gasteiger partial charge in [0.1, 0.15) is 11.6 Å². The number of nitrogens with two attached hydrogens (primary N) is 1. The third kappa shape index (κ3) is 3.12. The maximum Gasteiger partial charge on any atom is 0.126 e. The van der Waals surface area contributed by atoms with Crippen LogP contribution < -0.4 is 11.3 Å². The van der Waals surface area contributed by atoms with E-state index in [2.05, 4.69) is 5.43 Å². The molecule has 18 heavy (non-hydrogen) atoms. The lowest BCUT2D eigenvalue weighted by atomic mass is 9.99. The van der Waals surface area contributed by atoms with Gasteiger partial charge in [0.25, 0.3) is 0 Å². The minimum atomic E-state index is -0.575. The minimum Gasteiger partial charge on any atom is -0.271 e. The van der Waals surface area contributed by atoms with Gasteiger partial charge >= 0.3 is 0 Å². The van der Waals surface area contributed by atoms with Crippen LogP contribution in [0.3, 0.4) is 0 Å². The van der Waals surface area contributed by atoms with Crippen LogP contribution in [0.25, 0.3) is 0 Å². The summed E-state index contributed by atoms with van der Waals surface area (Å²) >= 11 is 0. The van der Waals surface area contributed by atoms with Gasteiger partial charge in [0.2, 0.25) is 0 Å². The predicted molar refractivity (Wildman–Crippen MR) is 66.6 cm³/mol. The van der Waals surface area contributed by atoms with Crippen molar-refractivity contribution in [3.63, 3.8) is 0 Å². The molecule has 2 nitrogen and oxygen atoms in total. The number of halogens is 2. The van der Waals surface area contributed by atoms with Crippen molar-refractivity contribution < 1.29 is 8.78 Å². The van der Waals surface area contributed by atoms with Gasteiger partial charge in [0, 0.05) is 12.1 Å². The van der Waals surface area contributed by atoms with Gasteiger partial charge in [-0.1, -0.05) is 30.3 Å². The smallest absolute Gasteiger partial charge is 0.126 e. The topological polar surface area (TPSA) is 38.0 Å². The first kappa shape index (κ1) is 12.7. The summed E-state index contributed by atoms with van der Waals surface area (Å²) < 4.78 is 26.2. The van der Waals surface area contributed by atoms with Crippen molar-refractivity contribution in [3.8, 4) is 0 Å². The summed E-state index contributed by atoms with van der Waals surface area (Å²) in [7, 11) is 0. The molecule has 0 aliphatic heterocycles. The summed E-state index contributed by atoms with van der Waals surface area (Å²) in [5.74, 6) is 4.34. The van der Waals surface area contributed by atoms with Gasteiger partial charge in [-0.15, -0.1) is 0 Å². The molecule has 0 spiro atoms. The quantitative estimate of drug-likeness (QED) is 0.645. The Bertz CT molecular complexity index is 494. The summed E-state index contributed by atoms with van der Waals surface area (Å²) in [6.45, 7) is 0. The van der Waals surface area contributed by atoms with Crippen molar-refractivity contribution >= 4 is 0 Å². The molecule has 0 saturated heterocycles. The van der Waals surface area contributed by atoms with Gasteiger partial charge in [-0.05, 0) is 29.7 Å². The summed E-state index contributed by atoms with van der Waals surface area (Å²) in [4.78, 5) is 0. The zero-order valence-electron chi connectivity index (χ0n) is 9.74. The van der Waals surface area contributed by atoms with Gasteiger partial charge in [0.15, 0.2) is 0 Å². The van der Waals surface area contributed by atoms with Crippen molar-refractivity contribution in [2.24, 2.45) is 5.84 Å². The maximum absolute atomic E-state index is 13.1. The minimum absolute atomic E-state index is 0.174. The number of rotatable bonds is 4. The summed E-state index contributed by atoms with van der Waals surface area (Å²) in [5.41, 5.74) is 4.21. The normalized spacial score (nSPS) is 12.4. The largest absolute Gasteiger partial charge is 0.271 e. The fourth-order valence-corrected chi connectivity index (χ4v) is 1.92. The Morgan fingerprint density at radius 2 is 1.61 bits per heavy atom. The van der Waals surface area contributed by atoms with E-state index >= 15 is 0 Å². The molecule has 2 aromatic carbocycles. The van der Waals surface area contributed by atoms with E-state index in [-0.39, 0.29) is 6.04 Å². The van der Waals surface area contributed by atoms with Crippen LogP contribution in [0.1, 0.15) is 17.2 Å². The highest BCUT2D eigenvalue weighted by molar-refractivity contribution is 5.24. The van der Waals surface area contributed by atoms with Gasteiger partial charge in [-0.25, -0.2) is 8.78 Å². The number of hydrazine groups is 1. The molecule has 2 rings (SSSR count). The second kappa shape index (κ2) is 5.71. The van der Waals surface area contributed by atoms with Gasteiger partial charge < -0.3 is 0 Å². The van der Waals surface area contributed by atoms with E-state index in [1.165, 1.54) is 12.1 Å². The number of hydrogen-bond donors (Lipinski definition) is 2. The van der Waals surface area contributed by atoms with Gasteiger partial charge in [-0.3, -0.25) is 11.3 Å². The second-order valence-corrected chi connectivity index (χ2v) is 4.11. The first-order valence-corrected chi connectivity index (χ1v) is 5.65. The van der Waals surface area contributed by atoms with Crippen LogP contribution in [-0.4, -0.2) is 0 Å². The van der Waals surface area contributed by atoms with E-state index < -0.39 is 11.6 Å². The molecular weight excluding hydrogens is 234 g/mol. The van der Waals surface area contributed by atoms with Crippen LogP contribution >= 0.6 is 0 Å². The molecule has 0 aromatic heterocycles. The molecule has 1 atom stereocenters. The van der Waals surface area contributed by atoms with Crippen LogP contribution in [0.5, 0.6) is 0 Å². The van der Waals surface area contributed by atoms with Crippen molar-refractivity contribution in [1.82, 2.24) is 5.43 Å². The number of hydrogen-bond acceptors (Lipinski definition) is 2. The molecule has 0 radical (unpaired) electrons. The Morgan fingerprint density at radius 3 is 2.17 bits per heavy atom. The average Bonchev–Trinajstić information content (AvgIpc) is 2.36. The highest BCUT2D eigenvalue weighted by Crippen LogP contribution is 2.18. The Kier molecular flexibility index (Phi) is 4.02. The Balaban J connectivity index is 2.20. The molecule has 0 saturated carbocycles. The first-order chi connectivity index (χ1) is 8.69. The summed E-state index contributed by atoms with van der Waals surface area (Å²) in [6.07, 6.45) is 0.426. The zero-order valence-corrected chi connectivity index (χ0v) is 9.74. The second-order valence-electron chi connectivity index (χ2n) is 4.11. The molecule has 0 aliphatic carbocycles. The van der Waals surface area contributed by atoms with E-state index in [1.54, 1.807) is 0 Å². The molecule has 94 valence electrons. The highest BCUT2D eigenvalue weighted by Gasteiger charge is 2.11. The van der Waals surface area contributed by atoms with Crippen LogP contribution in [0.15, 0.2) is 48.5 Å². The van der Waals surface area contributed by atoms with Crippen molar-refractivity contribution in [3.05, 3.63) is 71.3 Å². The van der Waals surface area contributed by atoms with E-state index in [0.717, 1.165) is 11.6 Å². The predicted octanol–water partition coefficient (Wildman–Crippen LogP) is 2.71. The lowest BCUT2D eigenvalue weighted by Crippen LogP contribution is -2.29. The van der Waals surface area contributed by atoms with E-state index in [9.17, 15) is 8.78 Å². The maximum atomic E-state index is 13.1. The highest BCUT2D eigenvalue weighted by atomic mass is 19.1. The first-order valence-electron chi connectivity index (χ1n) is 5.65. The third-order valence-electron chi connectivity index (χ3n) is 2.77. The number of nitrogens with one attached hydrogen (secondary N) is 1. The monoisotopic (exact) mass is 248 g/mol. The fourth-order valence-electron chi connectivity index (χ4n) is 1.92. The van der Waals surface area contributed by atoms with E-state index in [4.69, 9.17) is 5.84 Å². The van der Waals surface area contributed by atoms with Crippen molar-refractivity contribution in [2.45, 2.75) is 12.5 Å². The van der Waals surface area contributed by atoms with Crippen molar-refractivity contribution in [1.29, 1.82) is 0 Å². The zero-order chi connectivity index (χ0) is 13.0. The molecule has 0 aliphatic rings. The van der Waals surface area contributed by atoms with Gasteiger partial charge in [0.05, 0.1) is 0 Å². The summed E-state index contributed by atoms with van der Waals surface area (Å²) in [6, 6.07) is 12.8. The molecule has 0 heterocycles. The Labute approximate surface area is 104 Å². The Morgan fingerprint density at radius 1 is 1.00 bits per heavy atom. The van der Waals surface area contributed by atoms with E-state index in [1.807, 2.05) is 30.3 Å². The molecular formula is C14H14F2N2. The lowest BCUT2D eigenvalue weighted by Gasteiger charge is -2.16. The van der Waals surface area contributed by atoms with Crippen LogP contribution in [0, 0.1) is 11.6 Å². The molecule has 4 heteroatoms. The van der Waals surface area contributed by atoms with Crippen molar-refractivity contribution in [2.75, 3.05) is 0 Å². The number of benzene rings is 2. The molecule has 0 amide bonds. The lowest BCUT2D eigenvalue weighted by molar-refractivity contribution is 0.540. The molecule has 3 N–H and O–H groups in total. The average molecular weight is 248 g/mol. The standard InChI is InChI=1S/C14H14F2N2/c15-12-6-10(7-13(16)9-12)8-14(18-17)11-4-2-1-3-5-11/h1-7,9,14,18H,8,17H2. The molecule has 2 aromatic rings. The summed E-state index contributed by atoms with van der Waals surface area (Å²) in [5, 5.41) is 0. The van der Waals surface area contributed by atoms with Crippen LogP contribution in [-0.2, 0) is 6.42 Å². The van der Waals surface area contributed by atoms with E-state index in [0.29, 0.717) is 12.0 Å².